The van der Waals surface area contributed by atoms with E-state index >= 15 is 0 Å². The zero-order chi connectivity index (χ0) is 11.8. The highest BCUT2D eigenvalue weighted by atomic mass is 19.4. The van der Waals surface area contributed by atoms with Crippen LogP contribution in [-0.4, -0.2) is 15.1 Å². The Kier molecular flexibility index (Phi) is 2.34. The number of aromatic hydroxyl groups is 1. The summed E-state index contributed by atoms with van der Waals surface area (Å²) in [7, 11) is 0. The molecule has 1 heterocycles. The molecule has 2 N–H and O–H groups in total. The molecule has 16 heavy (non-hydrogen) atoms. The van der Waals surface area contributed by atoms with E-state index in [4.69, 9.17) is 5.11 Å². The highest BCUT2D eigenvalue weighted by molar-refractivity contribution is 5.56. The lowest BCUT2D eigenvalue weighted by atomic mass is 10.2. The molecule has 6 heteroatoms. The number of phenolic OH excluding ortho intramolecular Hbond substituents is 1. The SMILES string of the molecule is Oc1ccc(-c2ncc(C(F)(F)F)[nH]2)cc1. The quantitative estimate of drug-likeness (QED) is 0.788. The maximum absolute atomic E-state index is 12.3. The van der Waals surface area contributed by atoms with Crippen LogP contribution in [0.2, 0.25) is 0 Å². The monoisotopic (exact) mass is 228 g/mol. The van der Waals surface area contributed by atoms with Crippen LogP contribution in [-0.2, 0) is 6.18 Å². The summed E-state index contributed by atoms with van der Waals surface area (Å²) >= 11 is 0. The smallest absolute Gasteiger partial charge is 0.432 e. The van der Waals surface area contributed by atoms with Crippen LogP contribution in [0, 0.1) is 0 Å². The summed E-state index contributed by atoms with van der Waals surface area (Å²) in [4.78, 5) is 5.80. The minimum atomic E-state index is -4.43. The summed E-state index contributed by atoms with van der Waals surface area (Å²) in [5, 5.41) is 9.03. The van der Waals surface area contributed by atoms with Gasteiger partial charge in [-0.25, -0.2) is 4.98 Å². The molecule has 0 radical (unpaired) electrons. The summed E-state index contributed by atoms with van der Waals surface area (Å²) in [5.41, 5.74) is -0.413. The van der Waals surface area contributed by atoms with Gasteiger partial charge < -0.3 is 10.1 Å². The van der Waals surface area contributed by atoms with Crippen molar-refractivity contribution in [2.75, 3.05) is 0 Å². The maximum Gasteiger partial charge on any atom is 0.432 e. The number of hydrogen-bond acceptors (Lipinski definition) is 2. The Bertz CT molecular complexity index is 488. The molecule has 0 aliphatic carbocycles. The number of H-pyrrole nitrogens is 1. The van der Waals surface area contributed by atoms with Crippen LogP contribution in [0.3, 0.4) is 0 Å². The van der Waals surface area contributed by atoms with Gasteiger partial charge in [-0.15, -0.1) is 0 Å². The third-order valence-electron chi connectivity index (χ3n) is 2.02. The molecule has 0 aliphatic heterocycles. The lowest BCUT2D eigenvalue weighted by molar-refractivity contribution is -0.140. The van der Waals surface area contributed by atoms with Crippen LogP contribution in [0.25, 0.3) is 11.4 Å². The predicted octanol–water partition coefficient (Wildman–Crippen LogP) is 2.80. The number of phenols is 1. The van der Waals surface area contributed by atoms with Crippen molar-refractivity contribution in [3.05, 3.63) is 36.2 Å². The number of halogens is 3. The predicted molar refractivity (Wildman–Crippen MR) is 50.7 cm³/mol. The van der Waals surface area contributed by atoms with Crippen LogP contribution in [0.5, 0.6) is 5.75 Å². The number of alkyl halides is 3. The summed E-state index contributed by atoms with van der Waals surface area (Å²) in [5.74, 6) is 0.165. The summed E-state index contributed by atoms with van der Waals surface area (Å²) in [6.07, 6.45) is -3.69. The number of imidazole rings is 1. The van der Waals surface area contributed by atoms with Crippen molar-refractivity contribution in [1.82, 2.24) is 9.97 Å². The fraction of sp³-hybridized carbons (Fsp3) is 0.100. The molecule has 3 nitrogen and oxygen atoms in total. The number of aromatic nitrogens is 2. The first kappa shape index (κ1) is 10.5. The van der Waals surface area contributed by atoms with Gasteiger partial charge in [-0.3, -0.25) is 0 Å². The van der Waals surface area contributed by atoms with E-state index in [9.17, 15) is 13.2 Å². The van der Waals surface area contributed by atoms with Gasteiger partial charge in [0.1, 0.15) is 17.3 Å². The molecule has 0 bridgehead atoms. The van der Waals surface area contributed by atoms with Crippen LogP contribution in [0.1, 0.15) is 5.69 Å². The van der Waals surface area contributed by atoms with Crippen molar-refractivity contribution in [1.29, 1.82) is 0 Å². The third kappa shape index (κ3) is 2.00. The topological polar surface area (TPSA) is 48.9 Å². The number of aromatic amines is 1. The molecular weight excluding hydrogens is 221 g/mol. The van der Waals surface area contributed by atoms with Gasteiger partial charge in [0.2, 0.25) is 0 Å². The highest BCUT2D eigenvalue weighted by Crippen LogP contribution is 2.29. The first-order chi connectivity index (χ1) is 7.47. The van der Waals surface area contributed by atoms with E-state index in [-0.39, 0.29) is 11.6 Å². The van der Waals surface area contributed by atoms with Crippen LogP contribution >= 0.6 is 0 Å². The third-order valence-corrected chi connectivity index (χ3v) is 2.02. The Morgan fingerprint density at radius 2 is 1.75 bits per heavy atom. The molecule has 0 aliphatic rings. The van der Waals surface area contributed by atoms with Crippen molar-refractivity contribution in [3.63, 3.8) is 0 Å². The summed E-state index contributed by atoms with van der Waals surface area (Å²) in [6, 6.07) is 5.72. The Morgan fingerprint density at radius 1 is 1.12 bits per heavy atom. The second-order valence-electron chi connectivity index (χ2n) is 3.19. The molecule has 0 unspecified atom stereocenters. The van der Waals surface area contributed by atoms with Crippen molar-refractivity contribution in [2.24, 2.45) is 0 Å². The molecule has 0 amide bonds. The lowest BCUT2D eigenvalue weighted by Crippen LogP contribution is -2.04. The number of benzene rings is 1. The van der Waals surface area contributed by atoms with E-state index in [0.29, 0.717) is 5.56 Å². The maximum atomic E-state index is 12.3. The second-order valence-corrected chi connectivity index (χ2v) is 3.19. The normalized spacial score (nSPS) is 11.7. The van der Waals surface area contributed by atoms with Gasteiger partial charge >= 0.3 is 6.18 Å². The van der Waals surface area contributed by atoms with Gasteiger partial charge in [0.05, 0.1) is 6.20 Å². The fourth-order valence-corrected chi connectivity index (χ4v) is 1.23. The molecule has 1 aromatic carbocycles. The standard InChI is InChI=1S/C10H7F3N2O/c11-10(12,13)8-5-14-9(15-8)6-1-3-7(16)4-2-6/h1-5,16H,(H,14,15). The lowest BCUT2D eigenvalue weighted by Gasteiger charge is -2.01. The molecule has 0 fully saturated rings. The minimum absolute atomic E-state index is 0.0475. The second kappa shape index (κ2) is 3.55. The first-order valence-corrected chi connectivity index (χ1v) is 4.38. The molecule has 2 aromatic rings. The molecular formula is C10H7F3N2O. The van der Waals surface area contributed by atoms with E-state index in [1.54, 1.807) is 0 Å². The molecule has 0 atom stereocenters. The molecule has 2 rings (SSSR count). The average Bonchev–Trinajstić information content (AvgIpc) is 2.67. The van der Waals surface area contributed by atoms with E-state index < -0.39 is 11.9 Å². The highest BCUT2D eigenvalue weighted by Gasteiger charge is 2.32. The summed E-state index contributed by atoms with van der Waals surface area (Å²) < 4.78 is 36.8. The van der Waals surface area contributed by atoms with E-state index in [2.05, 4.69) is 9.97 Å². The number of rotatable bonds is 1. The molecule has 1 aromatic heterocycles. The van der Waals surface area contributed by atoms with Crippen molar-refractivity contribution >= 4 is 0 Å². The Hall–Kier alpha value is -1.98. The van der Waals surface area contributed by atoms with Gasteiger partial charge in [-0.2, -0.15) is 13.2 Å². The van der Waals surface area contributed by atoms with Gasteiger partial charge in [0, 0.05) is 5.56 Å². The average molecular weight is 228 g/mol. The van der Waals surface area contributed by atoms with Gasteiger partial charge in [0.25, 0.3) is 0 Å². The number of hydrogen-bond donors (Lipinski definition) is 2. The zero-order valence-corrected chi connectivity index (χ0v) is 7.92. The van der Waals surface area contributed by atoms with Crippen LogP contribution in [0.4, 0.5) is 13.2 Å². The van der Waals surface area contributed by atoms with Gasteiger partial charge in [-0.1, -0.05) is 0 Å². The molecule has 0 spiro atoms. The first-order valence-electron chi connectivity index (χ1n) is 4.38. The largest absolute Gasteiger partial charge is 0.508 e. The fourth-order valence-electron chi connectivity index (χ4n) is 1.23. The zero-order valence-electron chi connectivity index (χ0n) is 7.92. The Morgan fingerprint density at radius 3 is 2.25 bits per heavy atom. The van der Waals surface area contributed by atoms with Crippen molar-refractivity contribution < 1.29 is 18.3 Å². The van der Waals surface area contributed by atoms with Gasteiger partial charge in [0.15, 0.2) is 0 Å². The van der Waals surface area contributed by atoms with E-state index in [1.165, 1.54) is 24.3 Å². The van der Waals surface area contributed by atoms with Crippen molar-refractivity contribution in [2.45, 2.75) is 6.18 Å². The van der Waals surface area contributed by atoms with Crippen LogP contribution in [0.15, 0.2) is 30.5 Å². The van der Waals surface area contributed by atoms with E-state index in [1.807, 2.05) is 0 Å². The number of nitrogens with zero attached hydrogens (tertiary/aromatic N) is 1. The summed E-state index contributed by atoms with van der Waals surface area (Å²) in [6.45, 7) is 0. The molecule has 0 saturated heterocycles. The minimum Gasteiger partial charge on any atom is -0.508 e. The molecule has 84 valence electrons. The van der Waals surface area contributed by atoms with Gasteiger partial charge in [-0.05, 0) is 24.3 Å². The Labute approximate surface area is 88.6 Å². The number of nitrogens with one attached hydrogen (secondary N) is 1. The Balaban J connectivity index is 2.35. The van der Waals surface area contributed by atoms with E-state index in [0.717, 1.165) is 6.20 Å². The van der Waals surface area contributed by atoms with Crippen molar-refractivity contribution in [3.8, 4) is 17.1 Å². The molecule has 0 saturated carbocycles. The van der Waals surface area contributed by atoms with Crippen LogP contribution < -0.4 is 0 Å².